The Balaban J connectivity index is 1.63. The lowest BCUT2D eigenvalue weighted by Gasteiger charge is -2.28. The van der Waals surface area contributed by atoms with Gasteiger partial charge in [0.05, 0.1) is 19.8 Å². The molecular formula is C29H33N3O4S. The first-order chi connectivity index (χ1) is 18.1. The van der Waals surface area contributed by atoms with Gasteiger partial charge in [-0.1, -0.05) is 42.5 Å². The van der Waals surface area contributed by atoms with Crippen LogP contribution in [-0.2, 0) is 16.1 Å². The molecule has 3 aromatic rings. The lowest BCUT2D eigenvalue weighted by atomic mass is 9.82. The number of hydrogen-bond acceptors (Lipinski definition) is 6. The molecule has 0 saturated heterocycles. The molecule has 1 fully saturated rings. The molecular weight excluding hydrogens is 486 g/mol. The largest absolute Gasteiger partial charge is 0.497 e. The molecule has 1 aromatic heterocycles. The minimum absolute atomic E-state index is 0.230. The molecule has 1 saturated carbocycles. The zero-order valence-electron chi connectivity index (χ0n) is 21.1. The van der Waals surface area contributed by atoms with Gasteiger partial charge < -0.3 is 14.6 Å². The monoisotopic (exact) mass is 519 g/mol. The van der Waals surface area contributed by atoms with Crippen LogP contribution in [0.1, 0.15) is 32.1 Å². The summed E-state index contributed by atoms with van der Waals surface area (Å²) >= 11 is 1.69. The van der Waals surface area contributed by atoms with E-state index in [0.29, 0.717) is 30.6 Å². The molecule has 0 aliphatic heterocycles. The quantitative estimate of drug-likeness (QED) is 0.227. The van der Waals surface area contributed by atoms with E-state index < -0.39 is 5.97 Å². The highest BCUT2D eigenvalue weighted by molar-refractivity contribution is 7.99. The Morgan fingerprint density at radius 1 is 1.11 bits per heavy atom. The Bertz CT molecular complexity index is 1210. The highest BCUT2D eigenvalue weighted by Crippen LogP contribution is 2.42. The van der Waals surface area contributed by atoms with Crippen molar-refractivity contribution in [1.29, 1.82) is 5.26 Å². The summed E-state index contributed by atoms with van der Waals surface area (Å²) in [6.07, 6.45) is 4.62. The Labute approximate surface area is 222 Å². The van der Waals surface area contributed by atoms with Crippen molar-refractivity contribution in [2.24, 2.45) is 11.8 Å². The highest BCUT2D eigenvalue weighted by Gasteiger charge is 2.26. The number of nitriles is 1. The molecule has 1 heterocycles. The maximum atomic E-state index is 10.7. The van der Waals surface area contributed by atoms with Gasteiger partial charge >= 0.3 is 5.97 Å². The fourth-order valence-electron chi connectivity index (χ4n) is 4.89. The lowest BCUT2D eigenvalue weighted by molar-refractivity contribution is -0.142. The number of ether oxygens (including phenoxy) is 2. The molecule has 1 aliphatic carbocycles. The minimum Gasteiger partial charge on any atom is -0.497 e. The number of benzene rings is 2. The Hall–Kier alpha value is -3.28. The third-order valence-electron chi connectivity index (χ3n) is 6.74. The van der Waals surface area contributed by atoms with Crippen molar-refractivity contribution in [3.8, 4) is 34.2 Å². The van der Waals surface area contributed by atoms with E-state index in [4.69, 9.17) is 19.7 Å². The lowest BCUT2D eigenvalue weighted by Crippen LogP contribution is -2.23. The van der Waals surface area contributed by atoms with Crippen molar-refractivity contribution in [3.63, 3.8) is 0 Å². The predicted molar refractivity (Wildman–Crippen MR) is 145 cm³/mol. The van der Waals surface area contributed by atoms with Gasteiger partial charge in [0.25, 0.3) is 0 Å². The van der Waals surface area contributed by atoms with E-state index >= 15 is 0 Å². The molecule has 37 heavy (non-hydrogen) atoms. The van der Waals surface area contributed by atoms with Crippen LogP contribution in [0.5, 0.6) is 5.75 Å². The summed E-state index contributed by atoms with van der Waals surface area (Å²) in [5.41, 5.74) is 4.11. The number of hydrogen-bond donors (Lipinski definition) is 1. The van der Waals surface area contributed by atoms with Crippen molar-refractivity contribution in [3.05, 3.63) is 54.6 Å². The smallest absolute Gasteiger partial charge is 0.329 e. The molecule has 0 spiro atoms. The van der Waals surface area contributed by atoms with Gasteiger partial charge in [-0.3, -0.25) is 4.68 Å². The molecule has 4 rings (SSSR count). The van der Waals surface area contributed by atoms with Crippen LogP contribution in [-0.4, -0.2) is 46.9 Å². The van der Waals surface area contributed by atoms with E-state index in [1.165, 1.54) is 0 Å². The Morgan fingerprint density at radius 3 is 2.54 bits per heavy atom. The first-order valence-corrected chi connectivity index (χ1v) is 13.7. The first kappa shape index (κ1) is 26.8. The van der Waals surface area contributed by atoms with Crippen molar-refractivity contribution < 1.29 is 19.4 Å². The Morgan fingerprint density at radius 2 is 1.84 bits per heavy atom. The predicted octanol–water partition coefficient (Wildman–Crippen LogP) is 6.14. The number of carbonyl (C=O) groups is 1. The summed E-state index contributed by atoms with van der Waals surface area (Å²) in [5, 5.41) is 24.2. The second-order valence-electron chi connectivity index (χ2n) is 9.36. The molecule has 0 unspecified atom stereocenters. The summed E-state index contributed by atoms with van der Waals surface area (Å²) in [6.45, 7) is 1.08. The van der Waals surface area contributed by atoms with Crippen molar-refractivity contribution >= 4 is 17.7 Å². The van der Waals surface area contributed by atoms with Gasteiger partial charge in [0, 0.05) is 29.8 Å². The summed E-state index contributed by atoms with van der Waals surface area (Å²) in [7, 11) is 1.67. The van der Waals surface area contributed by atoms with Gasteiger partial charge in [-0.25, -0.2) is 4.79 Å². The van der Waals surface area contributed by atoms with Crippen LogP contribution in [0.4, 0.5) is 0 Å². The normalized spacial score (nSPS) is 17.3. The number of aromatic nitrogens is 2. The molecule has 0 bridgehead atoms. The minimum atomic E-state index is -0.921. The van der Waals surface area contributed by atoms with Crippen LogP contribution in [0.25, 0.3) is 22.4 Å². The summed E-state index contributed by atoms with van der Waals surface area (Å²) in [4.78, 5) is 10.7. The van der Waals surface area contributed by atoms with E-state index in [0.717, 1.165) is 65.4 Å². The number of methoxy groups -OCH3 is 1. The maximum Gasteiger partial charge on any atom is 0.329 e. The molecule has 194 valence electrons. The fraction of sp³-hybridized carbons (Fsp3) is 0.414. The first-order valence-electron chi connectivity index (χ1n) is 12.7. The maximum absolute atomic E-state index is 10.7. The van der Waals surface area contributed by atoms with Gasteiger partial charge in [-0.2, -0.15) is 10.4 Å². The number of carboxylic acid groups (broad SMARTS) is 1. The van der Waals surface area contributed by atoms with Gasteiger partial charge in [0.1, 0.15) is 23.1 Å². The molecule has 0 atom stereocenters. The molecule has 8 heteroatoms. The second-order valence-corrected chi connectivity index (χ2v) is 10.4. The van der Waals surface area contributed by atoms with Crippen LogP contribution in [0, 0.1) is 23.2 Å². The summed E-state index contributed by atoms with van der Waals surface area (Å²) < 4.78 is 13.0. The van der Waals surface area contributed by atoms with E-state index in [-0.39, 0.29) is 6.61 Å². The van der Waals surface area contributed by atoms with Crippen LogP contribution in [0.3, 0.4) is 0 Å². The van der Waals surface area contributed by atoms with E-state index in [2.05, 4.69) is 29.0 Å². The molecule has 7 nitrogen and oxygen atoms in total. The van der Waals surface area contributed by atoms with Crippen LogP contribution < -0.4 is 4.74 Å². The van der Waals surface area contributed by atoms with Crippen molar-refractivity contribution in [2.75, 3.05) is 26.1 Å². The van der Waals surface area contributed by atoms with E-state index in [1.54, 1.807) is 18.9 Å². The molecule has 1 aliphatic rings. The zero-order chi connectivity index (χ0) is 26.0. The fourth-order valence-corrected chi connectivity index (χ4v) is 5.90. The van der Waals surface area contributed by atoms with Crippen molar-refractivity contribution in [2.45, 2.75) is 43.7 Å². The summed E-state index contributed by atoms with van der Waals surface area (Å²) in [6, 6.07) is 20.6. The second kappa shape index (κ2) is 13.3. The Kier molecular flexibility index (Phi) is 9.64. The standard InChI is InChI=1S/C29H33N3O4S/c1-35-25-10-5-9-24(17-25)27-28(23-7-3-2-4-8-23)31-32(29(27)37-16-6-15-30)18-21-11-13-22(14-12-21)19-36-20-26(33)34/h2-5,7-10,17,21-22H,6,11-14,16,18-20H2,1H3,(H,33,34). The van der Waals surface area contributed by atoms with E-state index in [9.17, 15) is 10.1 Å². The number of thioether (sulfide) groups is 1. The summed E-state index contributed by atoms with van der Waals surface area (Å²) in [5.74, 6) is 1.45. The molecule has 0 amide bonds. The third kappa shape index (κ3) is 7.15. The van der Waals surface area contributed by atoms with Crippen LogP contribution in [0.2, 0.25) is 0 Å². The number of rotatable bonds is 12. The van der Waals surface area contributed by atoms with Gasteiger partial charge in [0.2, 0.25) is 0 Å². The molecule has 0 radical (unpaired) electrons. The molecule has 1 N–H and O–H groups in total. The van der Waals surface area contributed by atoms with Crippen LogP contribution >= 0.6 is 11.8 Å². The number of nitrogens with zero attached hydrogens (tertiary/aromatic N) is 3. The van der Waals surface area contributed by atoms with Crippen LogP contribution in [0.15, 0.2) is 59.6 Å². The number of aliphatic carboxylic acids is 1. The SMILES string of the molecule is COc1cccc(-c2c(-c3ccccc3)nn(CC3CCC(COCC(=O)O)CC3)c2SCCC#N)c1. The van der Waals surface area contributed by atoms with Crippen molar-refractivity contribution in [1.82, 2.24) is 9.78 Å². The van der Waals surface area contributed by atoms with Gasteiger partial charge in [0.15, 0.2) is 0 Å². The van der Waals surface area contributed by atoms with Gasteiger partial charge in [-0.05, 0) is 55.2 Å². The topological polar surface area (TPSA) is 97.4 Å². The van der Waals surface area contributed by atoms with E-state index in [1.807, 2.05) is 36.4 Å². The molecule has 2 aromatic carbocycles. The third-order valence-corrected chi connectivity index (χ3v) is 7.84. The highest BCUT2D eigenvalue weighted by atomic mass is 32.2. The van der Waals surface area contributed by atoms with Gasteiger partial charge in [-0.15, -0.1) is 11.8 Å². The zero-order valence-corrected chi connectivity index (χ0v) is 22.0. The average Bonchev–Trinajstić information content (AvgIpc) is 3.28. The average molecular weight is 520 g/mol. The number of carboxylic acids is 1.